The Labute approximate surface area is 239 Å². The number of pyridine rings is 1. The molecule has 3 atom stereocenters. The monoisotopic (exact) mass is 545 g/mol. The van der Waals surface area contributed by atoms with Crippen LogP contribution in [0.4, 0.5) is 0 Å². The summed E-state index contributed by atoms with van der Waals surface area (Å²) in [6.45, 7) is 0.923. The maximum absolute atomic E-state index is 13.7. The quantitative estimate of drug-likeness (QED) is 0.238. The number of carbonyl (C=O) groups excluding carboxylic acids is 3. The maximum Gasteiger partial charge on any atom is 0.337 e. The van der Waals surface area contributed by atoms with E-state index in [2.05, 4.69) is 27.8 Å². The van der Waals surface area contributed by atoms with Gasteiger partial charge in [-0.3, -0.25) is 14.6 Å². The van der Waals surface area contributed by atoms with Gasteiger partial charge in [-0.25, -0.2) is 4.79 Å². The van der Waals surface area contributed by atoms with Crippen molar-refractivity contribution in [3.8, 4) is 11.1 Å². The summed E-state index contributed by atoms with van der Waals surface area (Å²) >= 11 is 0. The molecule has 1 aliphatic heterocycles. The van der Waals surface area contributed by atoms with E-state index in [0.29, 0.717) is 30.8 Å². The molecule has 7 nitrogen and oxygen atoms in total. The number of hydrogen-bond donors (Lipinski definition) is 2. The minimum absolute atomic E-state index is 0.0267. The van der Waals surface area contributed by atoms with E-state index in [1.54, 1.807) is 30.5 Å². The fraction of sp³-hybridized carbons (Fsp3) is 0.235. The Morgan fingerprint density at radius 2 is 1.80 bits per heavy atom. The molecular weight excluding hydrogens is 514 g/mol. The number of amides is 1. The number of benzene rings is 3. The van der Waals surface area contributed by atoms with Gasteiger partial charge >= 0.3 is 5.97 Å². The van der Waals surface area contributed by atoms with Crippen molar-refractivity contribution >= 4 is 17.7 Å². The van der Waals surface area contributed by atoms with Crippen LogP contribution in [0.1, 0.15) is 61.5 Å². The molecule has 206 valence electrons. The lowest BCUT2D eigenvalue weighted by Crippen LogP contribution is -2.37. The van der Waals surface area contributed by atoms with E-state index in [0.717, 1.165) is 34.2 Å². The zero-order valence-electron chi connectivity index (χ0n) is 22.8. The first kappa shape index (κ1) is 26.6. The summed E-state index contributed by atoms with van der Waals surface area (Å²) in [7, 11) is 1.36. The number of ether oxygens (including phenoxy) is 1. The lowest BCUT2D eigenvalue weighted by Gasteiger charge is -2.30. The summed E-state index contributed by atoms with van der Waals surface area (Å²) < 4.78 is 4.93. The van der Waals surface area contributed by atoms with Crippen LogP contribution in [0.25, 0.3) is 11.1 Å². The van der Waals surface area contributed by atoms with E-state index in [-0.39, 0.29) is 23.5 Å². The molecule has 1 aromatic heterocycles. The van der Waals surface area contributed by atoms with Crippen LogP contribution in [0.15, 0.2) is 91.1 Å². The van der Waals surface area contributed by atoms with Gasteiger partial charge in [0, 0.05) is 25.2 Å². The fourth-order valence-electron chi connectivity index (χ4n) is 5.89. The van der Waals surface area contributed by atoms with Gasteiger partial charge in [-0.15, -0.1) is 0 Å². The highest BCUT2D eigenvalue weighted by atomic mass is 16.5. The van der Waals surface area contributed by atoms with Gasteiger partial charge in [0.05, 0.1) is 18.7 Å². The van der Waals surface area contributed by atoms with Gasteiger partial charge in [0.2, 0.25) is 11.7 Å². The number of ketones is 1. The van der Waals surface area contributed by atoms with Crippen molar-refractivity contribution < 1.29 is 19.1 Å². The van der Waals surface area contributed by atoms with E-state index in [1.165, 1.54) is 12.7 Å². The first-order valence-electron chi connectivity index (χ1n) is 13.9. The predicted molar refractivity (Wildman–Crippen MR) is 155 cm³/mol. The van der Waals surface area contributed by atoms with E-state index < -0.39 is 12.0 Å². The number of nitrogens with zero attached hydrogens (tertiary/aromatic N) is 1. The summed E-state index contributed by atoms with van der Waals surface area (Å²) in [4.78, 5) is 43.4. The van der Waals surface area contributed by atoms with Crippen molar-refractivity contribution in [3.05, 3.63) is 125 Å². The van der Waals surface area contributed by atoms with Crippen LogP contribution >= 0.6 is 0 Å². The lowest BCUT2D eigenvalue weighted by atomic mass is 9.82. The number of methoxy groups -OCH3 is 1. The first-order chi connectivity index (χ1) is 20.0. The van der Waals surface area contributed by atoms with Gasteiger partial charge in [-0.05, 0) is 76.4 Å². The fourth-order valence-corrected chi connectivity index (χ4v) is 5.89. The van der Waals surface area contributed by atoms with Crippen molar-refractivity contribution in [1.29, 1.82) is 0 Å². The van der Waals surface area contributed by atoms with Gasteiger partial charge in [0.25, 0.3) is 0 Å². The van der Waals surface area contributed by atoms with Crippen molar-refractivity contribution in [2.24, 2.45) is 5.92 Å². The maximum atomic E-state index is 13.7. The van der Waals surface area contributed by atoms with Crippen LogP contribution in [0.2, 0.25) is 0 Å². The Morgan fingerprint density at radius 1 is 0.976 bits per heavy atom. The third kappa shape index (κ3) is 5.41. The highest BCUT2D eigenvalue weighted by Crippen LogP contribution is 2.47. The molecule has 6 rings (SSSR count). The minimum atomic E-state index is -0.609. The average molecular weight is 546 g/mol. The molecule has 0 spiro atoms. The molecule has 0 saturated heterocycles. The Bertz CT molecular complexity index is 1600. The molecular formula is C34H31N3O4. The smallest absolute Gasteiger partial charge is 0.337 e. The number of nitrogens with one attached hydrogen (secondary N) is 2. The molecule has 1 aliphatic carbocycles. The van der Waals surface area contributed by atoms with Crippen molar-refractivity contribution in [2.45, 2.75) is 31.3 Å². The molecule has 2 N–H and O–H groups in total. The van der Waals surface area contributed by atoms with E-state index >= 15 is 0 Å². The number of carbonyl (C=O) groups is 3. The number of aromatic nitrogens is 1. The van der Waals surface area contributed by atoms with Crippen LogP contribution < -0.4 is 10.6 Å². The van der Waals surface area contributed by atoms with Crippen LogP contribution in [0, 0.1) is 5.92 Å². The van der Waals surface area contributed by atoms with Crippen molar-refractivity contribution in [3.63, 3.8) is 0 Å². The SMILES string of the molecule is COC(=O)c1cccc(-c2ccc(CNC(=O)C3CC3c3ccccc3)c3c2CCNC3C(=O)c2ccccn2)c1. The molecule has 3 aromatic carbocycles. The highest BCUT2D eigenvalue weighted by molar-refractivity contribution is 6.00. The Morgan fingerprint density at radius 3 is 2.59 bits per heavy atom. The van der Waals surface area contributed by atoms with Gasteiger partial charge in [0.1, 0.15) is 5.69 Å². The van der Waals surface area contributed by atoms with Gasteiger partial charge in [0.15, 0.2) is 0 Å². The summed E-state index contributed by atoms with van der Waals surface area (Å²) in [5.41, 5.74) is 6.64. The number of esters is 1. The lowest BCUT2D eigenvalue weighted by molar-refractivity contribution is -0.122. The summed E-state index contributed by atoms with van der Waals surface area (Å²) in [5, 5.41) is 6.55. The molecule has 4 aromatic rings. The highest BCUT2D eigenvalue weighted by Gasteiger charge is 2.43. The van der Waals surface area contributed by atoms with Crippen LogP contribution in [-0.4, -0.2) is 36.3 Å². The molecule has 3 unspecified atom stereocenters. The van der Waals surface area contributed by atoms with E-state index in [4.69, 9.17) is 4.74 Å². The van der Waals surface area contributed by atoms with Gasteiger partial charge in [-0.2, -0.15) is 0 Å². The summed E-state index contributed by atoms with van der Waals surface area (Å²) in [5.74, 6) is -0.295. The second kappa shape index (κ2) is 11.5. The normalized spacial score (nSPS) is 19.1. The third-order valence-corrected chi connectivity index (χ3v) is 8.04. The number of hydrogen-bond acceptors (Lipinski definition) is 6. The number of rotatable bonds is 8. The zero-order valence-corrected chi connectivity index (χ0v) is 22.8. The van der Waals surface area contributed by atoms with Crippen LogP contribution in [0.3, 0.4) is 0 Å². The Balaban J connectivity index is 1.34. The Kier molecular flexibility index (Phi) is 7.44. The largest absolute Gasteiger partial charge is 0.465 e. The second-order valence-corrected chi connectivity index (χ2v) is 10.5. The van der Waals surface area contributed by atoms with Crippen LogP contribution in [0.5, 0.6) is 0 Å². The molecule has 41 heavy (non-hydrogen) atoms. The summed E-state index contributed by atoms with van der Waals surface area (Å²) in [6.07, 6.45) is 3.15. The van der Waals surface area contributed by atoms with E-state index in [1.807, 2.05) is 48.5 Å². The topological polar surface area (TPSA) is 97.4 Å². The number of fused-ring (bicyclic) bond motifs is 1. The molecule has 1 amide bonds. The van der Waals surface area contributed by atoms with E-state index in [9.17, 15) is 14.4 Å². The van der Waals surface area contributed by atoms with Crippen molar-refractivity contribution in [2.75, 3.05) is 13.7 Å². The molecule has 1 saturated carbocycles. The van der Waals surface area contributed by atoms with Gasteiger partial charge in [-0.1, -0.05) is 60.7 Å². The molecule has 0 bridgehead atoms. The first-order valence-corrected chi connectivity index (χ1v) is 13.9. The van der Waals surface area contributed by atoms with Crippen LogP contribution in [-0.2, 0) is 22.5 Å². The van der Waals surface area contributed by atoms with Gasteiger partial charge < -0.3 is 15.4 Å². The van der Waals surface area contributed by atoms with Crippen molar-refractivity contribution in [1.82, 2.24) is 15.6 Å². The predicted octanol–water partition coefficient (Wildman–Crippen LogP) is 5.02. The Hall–Kier alpha value is -4.62. The second-order valence-electron chi connectivity index (χ2n) is 10.5. The molecule has 2 aliphatic rings. The number of Topliss-reactive ketones (excluding diaryl/α,β-unsaturated/α-hetero) is 1. The summed E-state index contributed by atoms with van der Waals surface area (Å²) in [6, 6.07) is 26.2. The average Bonchev–Trinajstić information content (AvgIpc) is 3.85. The molecule has 0 radical (unpaired) electrons. The minimum Gasteiger partial charge on any atom is -0.465 e. The molecule has 1 fully saturated rings. The zero-order chi connectivity index (χ0) is 28.3. The third-order valence-electron chi connectivity index (χ3n) is 8.04. The standard InChI is InChI=1S/C34H31N3O4/c1-41-34(40)23-11-7-10-22(18-23)25-14-13-24(20-37-33(39)28-19-27(28)21-8-3-2-4-9-21)30-26(25)15-17-36-31(30)32(38)29-12-5-6-16-35-29/h2-14,16,18,27-28,31,36H,15,17,19-20H2,1H3,(H,37,39). The molecule has 2 heterocycles. The molecule has 7 heteroatoms.